The third-order valence-electron chi connectivity index (χ3n) is 3.18. The molecule has 0 radical (unpaired) electrons. The van der Waals surface area contributed by atoms with Gasteiger partial charge < -0.3 is 10.6 Å². The highest BCUT2D eigenvalue weighted by Gasteiger charge is 2.17. The fraction of sp³-hybridized carbons (Fsp3) is 0.188. The van der Waals surface area contributed by atoms with Crippen LogP contribution in [0.2, 0.25) is 0 Å². The second-order valence-electron chi connectivity index (χ2n) is 4.60. The van der Waals surface area contributed by atoms with Crippen LogP contribution in [0.3, 0.4) is 0 Å². The van der Waals surface area contributed by atoms with E-state index in [4.69, 9.17) is 5.73 Å². The van der Waals surface area contributed by atoms with Gasteiger partial charge >= 0.3 is 0 Å². The van der Waals surface area contributed by atoms with Crippen molar-refractivity contribution in [3.05, 3.63) is 59.4 Å². The van der Waals surface area contributed by atoms with E-state index in [0.29, 0.717) is 23.5 Å². The molecule has 2 N–H and O–H groups in total. The summed E-state index contributed by atoms with van der Waals surface area (Å²) in [6, 6.07) is 11.1. The topological polar surface area (TPSA) is 46.3 Å². The van der Waals surface area contributed by atoms with E-state index in [0.717, 1.165) is 5.56 Å². The van der Waals surface area contributed by atoms with E-state index in [1.54, 1.807) is 35.2 Å². The predicted molar refractivity (Wildman–Crippen MR) is 79.3 cm³/mol. The molecule has 0 saturated carbocycles. The summed E-state index contributed by atoms with van der Waals surface area (Å²) in [4.78, 5) is 14.2. The van der Waals surface area contributed by atoms with Crippen molar-refractivity contribution in [1.82, 2.24) is 0 Å². The van der Waals surface area contributed by atoms with Crippen molar-refractivity contribution in [3.63, 3.8) is 0 Å². The Morgan fingerprint density at radius 1 is 1.20 bits per heavy atom. The van der Waals surface area contributed by atoms with Gasteiger partial charge in [-0.1, -0.05) is 0 Å². The molecule has 0 heterocycles. The summed E-state index contributed by atoms with van der Waals surface area (Å²) in [5.41, 5.74) is 8.43. The third-order valence-corrected chi connectivity index (χ3v) is 3.18. The number of carbonyl (C=O) groups excluding carboxylic acids is 1. The second-order valence-corrected chi connectivity index (χ2v) is 4.60. The molecule has 2 aromatic carbocycles. The van der Waals surface area contributed by atoms with E-state index < -0.39 is 0 Å². The summed E-state index contributed by atoms with van der Waals surface area (Å²) in [7, 11) is 0. The monoisotopic (exact) mass is 272 g/mol. The Labute approximate surface area is 117 Å². The molecule has 1 amide bonds. The Bertz CT molecular complexity index is 623. The normalized spacial score (nSPS) is 10.3. The fourth-order valence-electron chi connectivity index (χ4n) is 2.14. The van der Waals surface area contributed by atoms with Gasteiger partial charge in [0, 0.05) is 23.5 Å². The quantitative estimate of drug-likeness (QED) is 0.871. The van der Waals surface area contributed by atoms with Crippen LogP contribution in [-0.4, -0.2) is 12.5 Å². The number of carbonyl (C=O) groups is 1. The summed E-state index contributed by atoms with van der Waals surface area (Å²) in [6.45, 7) is 4.24. The van der Waals surface area contributed by atoms with Gasteiger partial charge in [0.15, 0.2) is 0 Å². The van der Waals surface area contributed by atoms with Gasteiger partial charge in [-0.05, 0) is 61.9 Å². The lowest BCUT2D eigenvalue weighted by molar-refractivity contribution is 0.0987. The van der Waals surface area contributed by atoms with Crippen molar-refractivity contribution in [2.45, 2.75) is 13.8 Å². The van der Waals surface area contributed by atoms with Crippen LogP contribution < -0.4 is 10.6 Å². The van der Waals surface area contributed by atoms with E-state index in [1.807, 2.05) is 13.8 Å². The average Bonchev–Trinajstić information content (AvgIpc) is 2.41. The molecule has 0 bridgehead atoms. The van der Waals surface area contributed by atoms with Crippen LogP contribution in [-0.2, 0) is 0 Å². The van der Waals surface area contributed by atoms with Crippen LogP contribution in [0.15, 0.2) is 42.5 Å². The molecule has 20 heavy (non-hydrogen) atoms. The van der Waals surface area contributed by atoms with Crippen LogP contribution in [0.1, 0.15) is 22.8 Å². The SMILES string of the molecule is CCN(C(=O)c1ccc(N)cc1C)c1ccc(F)cc1. The highest BCUT2D eigenvalue weighted by molar-refractivity contribution is 6.07. The molecular weight excluding hydrogens is 255 g/mol. The third kappa shape index (κ3) is 2.79. The zero-order valence-corrected chi connectivity index (χ0v) is 11.6. The highest BCUT2D eigenvalue weighted by Crippen LogP contribution is 2.20. The Balaban J connectivity index is 2.36. The first-order chi connectivity index (χ1) is 9.52. The molecule has 0 unspecified atom stereocenters. The van der Waals surface area contributed by atoms with Gasteiger partial charge in [0.05, 0.1) is 0 Å². The number of aryl methyl sites for hydroxylation is 1. The van der Waals surface area contributed by atoms with Crippen LogP contribution in [0.5, 0.6) is 0 Å². The number of nitrogens with two attached hydrogens (primary N) is 1. The first-order valence-corrected chi connectivity index (χ1v) is 6.46. The Hall–Kier alpha value is -2.36. The second kappa shape index (κ2) is 5.74. The number of hydrogen-bond acceptors (Lipinski definition) is 2. The number of halogens is 1. The van der Waals surface area contributed by atoms with Crippen LogP contribution >= 0.6 is 0 Å². The van der Waals surface area contributed by atoms with Crippen molar-refractivity contribution < 1.29 is 9.18 Å². The number of hydrogen-bond donors (Lipinski definition) is 1. The van der Waals surface area contributed by atoms with Gasteiger partial charge in [0.1, 0.15) is 5.82 Å². The minimum absolute atomic E-state index is 0.114. The Kier molecular flexibility index (Phi) is 4.03. The number of nitrogens with zero attached hydrogens (tertiary/aromatic N) is 1. The maximum atomic E-state index is 13.0. The average molecular weight is 272 g/mol. The van der Waals surface area contributed by atoms with Gasteiger partial charge in [-0.15, -0.1) is 0 Å². The maximum Gasteiger partial charge on any atom is 0.258 e. The molecule has 4 heteroatoms. The van der Waals surface area contributed by atoms with E-state index in [-0.39, 0.29) is 11.7 Å². The summed E-state index contributed by atoms with van der Waals surface area (Å²) in [5, 5.41) is 0. The minimum Gasteiger partial charge on any atom is -0.399 e. The summed E-state index contributed by atoms with van der Waals surface area (Å²) < 4.78 is 13.0. The van der Waals surface area contributed by atoms with Crippen molar-refractivity contribution in [3.8, 4) is 0 Å². The summed E-state index contributed by atoms with van der Waals surface area (Å²) >= 11 is 0. The molecule has 2 rings (SSSR count). The van der Waals surface area contributed by atoms with Crippen molar-refractivity contribution in [2.75, 3.05) is 17.2 Å². The smallest absolute Gasteiger partial charge is 0.258 e. The van der Waals surface area contributed by atoms with E-state index in [9.17, 15) is 9.18 Å². The van der Waals surface area contributed by atoms with Crippen LogP contribution in [0, 0.1) is 12.7 Å². The fourth-order valence-corrected chi connectivity index (χ4v) is 2.14. The molecule has 3 nitrogen and oxygen atoms in total. The standard InChI is InChI=1S/C16H17FN2O/c1-3-19(14-7-4-12(17)5-8-14)16(20)15-9-6-13(18)10-11(15)2/h4-10H,3,18H2,1-2H3. The van der Waals surface area contributed by atoms with Gasteiger partial charge in [-0.2, -0.15) is 0 Å². The largest absolute Gasteiger partial charge is 0.399 e. The van der Waals surface area contributed by atoms with Crippen molar-refractivity contribution in [2.24, 2.45) is 0 Å². The molecule has 2 aromatic rings. The number of anilines is 2. The zero-order valence-electron chi connectivity index (χ0n) is 11.6. The van der Waals surface area contributed by atoms with Crippen molar-refractivity contribution in [1.29, 1.82) is 0 Å². The molecule has 0 atom stereocenters. The molecule has 0 aromatic heterocycles. The lowest BCUT2D eigenvalue weighted by Crippen LogP contribution is -2.31. The van der Waals surface area contributed by atoms with E-state index in [2.05, 4.69) is 0 Å². The Morgan fingerprint density at radius 3 is 2.40 bits per heavy atom. The van der Waals surface area contributed by atoms with Gasteiger partial charge in [0.2, 0.25) is 0 Å². The van der Waals surface area contributed by atoms with Crippen LogP contribution in [0.25, 0.3) is 0 Å². The molecule has 0 aliphatic heterocycles. The van der Waals surface area contributed by atoms with Gasteiger partial charge in [0.25, 0.3) is 5.91 Å². The lowest BCUT2D eigenvalue weighted by Gasteiger charge is -2.22. The molecular formula is C16H17FN2O. The number of rotatable bonds is 3. The van der Waals surface area contributed by atoms with Gasteiger partial charge in [-0.25, -0.2) is 4.39 Å². The number of benzene rings is 2. The summed E-state index contributed by atoms with van der Waals surface area (Å²) in [6.07, 6.45) is 0. The molecule has 0 fully saturated rings. The first kappa shape index (κ1) is 14.1. The van der Waals surface area contributed by atoms with Gasteiger partial charge in [-0.3, -0.25) is 4.79 Å². The number of nitrogen functional groups attached to an aromatic ring is 1. The highest BCUT2D eigenvalue weighted by atomic mass is 19.1. The van der Waals surface area contributed by atoms with E-state index >= 15 is 0 Å². The molecule has 0 aliphatic rings. The Morgan fingerprint density at radius 2 is 1.85 bits per heavy atom. The zero-order chi connectivity index (χ0) is 14.7. The molecule has 0 aliphatic carbocycles. The summed E-state index contributed by atoms with van der Waals surface area (Å²) in [5.74, 6) is -0.433. The minimum atomic E-state index is -0.319. The number of amides is 1. The van der Waals surface area contributed by atoms with Crippen molar-refractivity contribution >= 4 is 17.3 Å². The van der Waals surface area contributed by atoms with E-state index in [1.165, 1.54) is 12.1 Å². The molecule has 0 spiro atoms. The molecule has 104 valence electrons. The molecule has 0 saturated heterocycles. The lowest BCUT2D eigenvalue weighted by atomic mass is 10.1. The van der Waals surface area contributed by atoms with Crippen LogP contribution in [0.4, 0.5) is 15.8 Å². The predicted octanol–water partition coefficient (Wildman–Crippen LogP) is 3.38. The first-order valence-electron chi connectivity index (χ1n) is 6.46. The maximum absolute atomic E-state index is 13.0.